The Labute approximate surface area is 187 Å². The van der Waals surface area contributed by atoms with E-state index in [1.807, 2.05) is 6.92 Å². The number of carbonyl (C=O) groups excluding carboxylic acids is 3. The standard InChI is InChI=1S/C20H14Br2N2O6/c1-10-2-4-12(5-3-10)24-19(28)13(18(27)23-20(24)29)6-11-7-14(21)17(15(22)8-11)30-9-16(25)26/h2-8H,9H2,1H3,(H,25,26)(H,23,27,29). The molecule has 1 aliphatic rings. The Morgan fingerprint density at radius 1 is 1.13 bits per heavy atom. The van der Waals surface area contributed by atoms with Gasteiger partial charge in [0.1, 0.15) is 11.3 Å². The SMILES string of the molecule is Cc1ccc(N2C(=O)NC(=O)C(=Cc3cc(Br)c(OCC(=O)O)c(Br)c3)C2=O)cc1. The molecule has 1 saturated heterocycles. The Balaban J connectivity index is 1.96. The Kier molecular flexibility index (Phi) is 6.37. The Hall–Kier alpha value is -2.98. The number of amides is 4. The molecule has 0 unspecified atom stereocenters. The van der Waals surface area contributed by atoms with Gasteiger partial charge in [0.25, 0.3) is 11.8 Å². The molecule has 1 heterocycles. The van der Waals surface area contributed by atoms with E-state index in [9.17, 15) is 19.2 Å². The molecular weight excluding hydrogens is 524 g/mol. The summed E-state index contributed by atoms with van der Waals surface area (Å²) < 4.78 is 6.04. The van der Waals surface area contributed by atoms with Crippen molar-refractivity contribution in [3.05, 3.63) is 62.0 Å². The molecule has 8 nitrogen and oxygen atoms in total. The molecule has 30 heavy (non-hydrogen) atoms. The van der Waals surface area contributed by atoms with Crippen LogP contribution in [0.2, 0.25) is 0 Å². The number of hydrogen-bond donors (Lipinski definition) is 2. The van der Waals surface area contributed by atoms with Crippen LogP contribution < -0.4 is 15.0 Å². The van der Waals surface area contributed by atoms with Gasteiger partial charge >= 0.3 is 12.0 Å². The smallest absolute Gasteiger partial charge is 0.341 e. The van der Waals surface area contributed by atoms with Crippen molar-refractivity contribution in [1.82, 2.24) is 5.32 Å². The van der Waals surface area contributed by atoms with Crippen molar-refractivity contribution >= 4 is 67.4 Å². The molecule has 2 aromatic carbocycles. The highest BCUT2D eigenvalue weighted by Gasteiger charge is 2.36. The number of barbiturate groups is 1. The second kappa shape index (κ2) is 8.80. The molecule has 0 bridgehead atoms. The highest BCUT2D eigenvalue weighted by Crippen LogP contribution is 2.35. The molecule has 0 spiro atoms. The number of nitrogens with zero attached hydrogens (tertiary/aromatic N) is 1. The van der Waals surface area contributed by atoms with E-state index in [4.69, 9.17) is 9.84 Å². The van der Waals surface area contributed by atoms with Crippen molar-refractivity contribution in [1.29, 1.82) is 0 Å². The fourth-order valence-electron chi connectivity index (χ4n) is 2.69. The van der Waals surface area contributed by atoms with Gasteiger partial charge in [0.2, 0.25) is 0 Å². The number of carboxylic acids is 1. The van der Waals surface area contributed by atoms with Crippen LogP contribution >= 0.6 is 31.9 Å². The maximum absolute atomic E-state index is 12.9. The molecule has 10 heteroatoms. The van der Waals surface area contributed by atoms with E-state index in [0.717, 1.165) is 10.5 Å². The first-order chi connectivity index (χ1) is 14.2. The molecule has 2 N–H and O–H groups in total. The van der Waals surface area contributed by atoms with E-state index in [1.165, 1.54) is 6.08 Å². The first-order valence-electron chi connectivity index (χ1n) is 8.49. The fraction of sp³-hybridized carbons (Fsp3) is 0.100. The monoisotopic (exact) mass is 536 g/mol. The van der Waals surface area contributed by atoms with Gasteiger partial charge in [0, 0.05) is 0 Å². The average molecular weight is 538 g/mol. The quantitative estimate of drug-likeness (QED) is 0.444. The summed E-state index contributed by atoms with van der Waals surface area (Å²) in [7, 11) is 0. The Bertz CT molecular complexity index is 1070. The number of benzene rings is 2. The number of aliphatic carboxylic acids is 1. The molecule has 3 rings (SSSR count). The molecule has 1 aliphatic heterocycles. The van der Waals surface area contributed by atoms with E-state index in [0.29, 0.717) is 20.2 Å². The van der Waals surface area contributed by atoms with Gasteiger partial charge in [-0.15, -0.1) is 0 Å². The van der Waals surface area contributed by atoms with Gasteiger partial charge in [-0.1, -0.05) is 17.7 Å². The average Bonchev–Trinajstić information content (AvgIpc) is 2.65. The van der Waals surface area contributed by atoms with E-state index >= 15 is 0 Å². The second-order valence-electron chi connectivity index (χ2n) is 6.29. The molecular formula is C20H14Br2N2O6. The van der Waals surface area contributed by atoms with Crippen LogP contribution in [-0.2, 0) is 14.4 Å². The molecule has 154 valence electrons. The molecule has 0 aromatic heterocycles. The zero-order valence-electron chi connectivity index (χ0n) is 15.4. The number of urea groups is 1. The van der Waals surface area contributed by atoms with Crippen LogP contribution in [0.1, 0.15) is 11.1 Å². The van der Waals surface area contributed by atoms with Gasteiger partial charge in [0.15, 0.2) is 6.61 Å². The number of aryl methyl sites for hydroxylation is 1. The molecule has 2 aromatic rings. The van der Waals surface area contributed by atoms with Crippen LogP contribution in [0.3, 0.4) is 0 Å². The number of rotatable bonds is 5. The molecule has 1 fully saturated rings. The van der Waals surface area contributed by atoms with Gasteiger partial charge in [0.05, 0.1) is 14.6 Å². The summed E-state index contributed by atoms with van der Waals surface area (Å²) in [6.07, 6.45) is 1.34. The van der Waals surface area contributed by atoms with Crippen LogP contribution in [0.4, 0.5) is 10.5 Å². The summed E-state index contributed by atoms with van der Waals surface area (Å²) >= 11 is 6.56. The van der Waals surface area contributed by atoms with E-state index in [2.05, 4.69) is 37.2 Å². The first-order valence-corrected chi connectivity index (χ1v) is 10.1. The minimum absolute atomic E-state index is 0.229. The summed E-state index contributed by atoms with van der Waals surface area (Å²) in [4.78, 5) is 49.1. The van der Waals surface area contributed by atoms with Crippen molar-refractivity contribution in [2.24, 2.45) is 0 Å². The second-order valence-corrected chi connectivity index (χ2v) is 8.00. The molecule has 0 aliphatic carbocycles. The number of halogens is 2. The normalized spacial score (nSPS) is 15.4. The highest BCUT2D eigenvalue weighted by atomic mass is 79.9. The number of nitrogens with one attached hydrogen (secondary N) is 1. The van der Waals surface area contributed by atoms with Crippen molar-refractivity contribution in [2.45, 2.75) is 6.92 Å². The van der Waals surface area contributed by atoms with E-state index in [-0.39, 0.29) is 11.3 Å². The number of imide groups is 2. The van der Waals surface area contributed by atoms with Crippen molar-refractivity contribution < 1.29 is 29.0 Å². The lowest BCUT2D eigenvalue weighted by Crippen LogP contribution is -2.54. The zero-order chi connectivity index (χ0) is 22.0. The summed E-state index contributed by atoms with van der Waals surface area (Å²) in [6, 6.07) is 9.01. The molecule has 0 radical (unpaired) electrons. The number of carbonyl (C=O) groups is 4. The number of anilines is 1. The lowest BCUT2D eigenvalue weighted by atomic mass is 10.1. The zero-order valence-corrected chi connectivity index (χ0v) is 18.6. The maximum Gasteiger partial charge on any atom is 0.341 e. The Morgan fingerprint density at radius 3 is 2.30 bits per heavy atom. The highest BCUT2D eigenvalue weighted by molar-refractivity contribution is 9.11. The minimum atomic E-state index is -1.13. The van der Waals surface area contributed by atoms with Crippen LogP contribution in [0.15, 0.2) is 50.9 Å². The third-order valence-corrected chi connectivity index (χ3v) is 5.24. The van der Waals surface area contributed by atoms with Gasteiger partial charge in [-0.05, 0) is 74.7 Å². The topological polar surface area (TPSA) is 113 Å². The van der Waals surface area contributed by atoms with Crippen LogP contribution in [-0.4, -0.2) is 35.5 Å². The van der Waals surface area contributed by atoms with Gasteiger partial charge in [-0.2, -0.15) is 0 Å². The summed E-state index contributed by atoms with van der Waals surface area (Å²) in [5, 5.41) is 10.9. The number of carboxylic acid groups (broad SMARTS) is 1. The molecule has 0 atom stereocenters. The van der Waals surface area contributed by atoms with Crippen molar-refractivity contribution in [3.8, 4) is 5.75 Å². The van der Waals surface area contributed by atoms with Crippen molar-refractivity contribution in [2.75, 3.05) is 11.5 Å². The van der Waals surface area contributed by atoms with Crippen LogP contribution in [0, 0.1) is 6.92 Å². The summed E-state index contributed by atoms with van der Waals surface area (Å²) in [5.74, 6) is -2.45. The predicted molar refractivity (Wildman–Crippen MR) is 115 cm³/mol. The predicted octanol–water partition coefficient (Wildman–Crippen LogP) is 3.65. The van der Waals surface area contributed by atoms with Gasteiger partial charge in [-0.3, -0.25) is 14.9 Å². The largest absolute Gasteiger partial charge is 0.480 e. The summed E-state index contributed by atoms with van der Waals surface area (Å²) in [6.45, 7) is 1.34. The number of ether oxygens (including phenoxy) is 1. The van der Waals surface area contributed by atoms with Gasteiger partial charge in [-0.25, -0.2) is 14.5 Å². The third kappa shape index (κ3) is 4.60. The van der Waals surface area contributed by atoms with Crippen LogP contribution in [0.25, 0.3) is 6.08 Å². The van der Waals surface area contributed by atoms with Gasteiger partial charge < -0.3 is 9.84 Å². The van der Waals surface area contributed by atoms with Crippen LogP contribution in [0.5, 0.6) is 5.75 Å². The maximum atomic E-state index is 12.9. The lowest BCUT2D eigenvalue weighted by Gasteiger charge is -2.26. The molecule has 0 saturated carbocycles. The number of hydrogen-bond acceptors (Lipinski definition) is 5. The van der Waals surface area contributed by atoms with E-state index in [1.54, 1.807) is 36.4 Å². The fourth-order valence-corrected chi connectivity index (χ4v) is 4.14. The van der Waals surface area contributed by atoms with E-state index < -0.39 is 30.4 Å². The Morgan fingerprint density at radius 2 is 1.73 bits per heavy atom. The first kappa shape index (κ1) is 21.7. The molecule has 4 amide bonds. The lowest BCUT2D eigenvalue weighted by molar-refractivity contribution is -0.139. The third-order valence-electron chi connectivity index (χ3n) is 4.07. The summed E-state index contributed by atoms with van der Waals surface area (Å²) in [5.41, 5.74) is 1.51. The van der Waals surface area contributed by atoms with Crippen molar-refractivity contribution in [3.63, 3.8) is 0 Å². The minimum Gasteiger partial charge on any atom is -0.480 e.